The first-order valence-electron chi connectivity index (χ1n) is 8.37. The van der Waals surface area contributed by atoms with Gasteiger partial charge >= 0.3 is 6.03 Å². The van der Waals surface area contributed by atoms with Crippen LogP contribution in [-0.2, 0) is 13.0 Å². The van der Waals surface area contributed by atoms with Crippen LogP contribution in [0, 0.1) is 0 Å². The topological polar surface area (TPSA) is 92.1 Å². The third-order valence-corrected chi connectivity index (χ3v) is 3.76. The number of benzene rings is 1. The molecule has 0 saturated carbocycles. The van der Waals surface area contributed by atoms with Crippen molar-refractivity contribution in [2.75, 3.05) is 5.32 Å². The molecule has 1 atom stereocenters. The van der Waals surface area contributed by atoms with Gasteiger partial charge in [0.2, 0.25) is 0 Å². The van der Waals surface area contributed by atoms with E-state index in [0.29, 0.717) is 18.8 Å². The first-order valence-corrected chi connectivity index (χ1v) is 8.37. The highest BCUT2D eigenvalue weighted by atomic mass is 16.3. The fraction of sp³-hybridized carbons (Fsp3) is 0.211. The second kappa shape index (κ2) is 8.15. The Bertz CT molecular complexity index is 863. The molecule has 0 bridgehead atoms. The van der Waals surface area contributed by atoms with Crippen molar-refractivity contribution < 1.29 is 9.90 Å². The number of hydrogen-bond donors (Lipinski definition) is 3. The number of aromatic nitrogens is 3. The third-order valence-electron chi connectivity index (χ3n) is 3.76. The van der Waals surface area contributed by atoms with E-state index in [4.69, 9.17) is 0 Å². The lowest BCUT2D eigenvalue weighted by atomic mass is 10.1. The number of hydrogen-bond acceptors (Lipinski definition) is 4. The zero-order valence-corrected chi connectivity index (χ0v) is 14.5. The Balaban J connectivity index is 1.50. The third kappa shape index (κ3) is 5.07. The minimum atomic E-state index is -0.319. The van der Waals surface area contributed by atoms with Crippen molar-refractivity contribution in [3.63, 3.8) is 0 Å². The minimum absolute atomic E-state index is 0.0904. The molecule has 3 rings (SSSR count). The van der Waals surface area contributed by atoms with E-state index in [1.165, 1.54) is 0 Å². The van der Waals surface area contributed by atoms with Gasteiger partial charge in [-0.1, -0.05) is 18.2 Å². The summed E-state index contributed by atoms with van der Waals surface area (Å²) in [5, 5.41) is 19.4. The number of anilines is 1. The number of aromatic hydroxyl groups is 1. The Kier molecular flexibility index (Phi) is 5.48. The zero-order valence-electron chi connectivity index (χ0n) is 14.5. The highest BCUT2D eigenvalue weighted by Crippen LogP contribution is 2.12. The van der Waals surface area contributed by atoms with Crippen molar-refractivity contribution in [2.24, 2.45) is 0 Å². The molecule has 7 nitrogen and oxygen atoms in total. The van der Waals surface area contributed by atoms with Crippen LogP contribution in [0.2, 0.25) is 0 Å². The number of nitrogens with zero attached hydrogens (tertiary/aromatic N) is 3. The van der Waals surface area contributed by atoms with Crippen LogP contribution in [0.15, 0.2) is 60.9 Å². The smallest absolute Gasteiger partial charge is 0.320 e. The van der Waals surface area contributed by atoms with Gasteiger partial charge < -0.3 is 10.4 Å². The molecule has 0 spiro atoms. The number of pyridine rings is 1. The van der Waals surface area contributed by atoms with E-state index in [0.717, 1.165) is 11.3 Å². The second-order valence-electron chi connectivity index (χ2n) is 6.09. The summed E-state index contributed by atoms with van der Waals surface area (Å²) in [6.07, 6.45) is 4.15. The molecule has 134 valence electrons. The maximum Gasteiger partial charge on any atom is 0.320 e. The summed E-state index contributed by atoms with van der Waals surface area (Å²) in [5.74, 6) is 0.695. The molecule has 2 aromatic heterocycles. The van der Waals surface area contributed by atoms with Crippen LogP contribution in [0.25, 0.3) is 0 Å². The van der Waals surface area contributed by atoms with Gasteiger partial charge in [0.1, 0.15) is 5.75 Å². The molecule has 0 saturated heterocycles. The molecular weight excluding hydrogens is 330 g/mol. The Morgan fingerprint density at radius 3 is 2.88 bits per heavy atom. The molecule has 0 aliphatic rings. The fourth-order valence-corrected chi connectivity index (χ4v) is 2.64. The summed E-state index contributed by atoms with van der Waals surface area (Å²) in [6, 6.07) is 14.0. The average molecular weight is 351 g/mol. The zero-order chi connectivity index (χ0) is 18.4. The quantitative estimate of drug-likeness (QED) is 0.637. The average Bonchev–Trinajstić information content (AvgIpc) is 3.02. The Morgan fingerprint density at radius 2 is 2.12 bits per heavy atom. The van der Waals surface area contributed by atoms with Crippen molar-refractivity contribution in [2.45, 2.75) is 25.9 Å². The number of phenols is 1. The van der Waals surface area contributed by atoms with Gasteiger partial charge in [0.05, 0.1) is 12.2 Å². The maximum absolute atomic E-state index is 12.1. The Morgan fingerprint density at radius 1 is 1.23 bits per heavy atom. The van der Waals surface area contributed by atoms with E-state index in [9.17, 15) is 9.90 Å². The van der Waals surface area contributed by atoms with Crippen LogP contribution in [0.1, 0.15) is 18.2 Å². The fourth-order valence-electron chi connectivity index (χ4n) is 2.64. The van der Waals surface area contributed by atoms with Crippen LogP contribution in [0.3, 0.4) is 0 Å². The van der Waals surface area contributed by atoms with E-state index in [1.807, 2.05) is 31.2 Å². The molecule has 0 radical (unpaired) electrons. The molecule has 2 amide bonds. The highest BCUT2D eigenvalue weighted by molar-refractivity contribution is 5.88. The van der Waals surface area contributed by atoms with Gasteiger partial charge in [-0.05, 0) is 43.2 Å². The van der Waals surface area contributed by atoms with E-state index >= 15 is 0 Å². The van der Waals surface area contributed by atoms with Crippen molar-refractivity contribution in [3.8, 4) is 5.75 Å². The van der Waals surface area contributed by atoms with Gasteiger partial charge in [-0.25, -0.2) is 4.79 Å². The highest BCUT2D eigenvalue weighted by Gasteiger charge is 2.10. The predicted octanol–water partition coefficient (Wildman–Crippen LogP) is 2.78. The number of nitrogens with one attached hydrogen (secondary N) is 2. The Labute approximate surface area is 151 Å². The number of phenolic OH excluding ortho intramolecular Hbond substituents is 1. The van der Waals surface area contributed by atoms with Gasteiger partial charge in [0, 0.05) is 24.5 Å². The van der Waals surface area contributed by atoms with Gasteiger partial charge in [0.25, 0.3) is 0 Å². The first kappa shape index (κ1) is 17.5. The summed E-state index contributed by atoms with van der Waals surface area (Å²) in [6.45, 7) is 2.45. The Hall–Kier alpha value is -3.35. The lowest BCUT2D eigenvalue weighted by Gasteiger charge is -2.14. The normalized spacial score (nSPS) is 11.7. The number of carbonyl (C=O) groups is 1. The van der Waals surface area contributed by atoms with Gasteiger partial charge in [-0.3, -0.25) is 15.0 Å². The molecule has 3 N–H and O–H groups in total. The second-order valence-corrected chi connectivity index (χ2v) is 6.09. The molecular formula is C19H21N5O2. The van der Waals surface area contributed by atoms with Gasteiger partial charge in [0.15, 0.2) is 5.82 Å². The predicted molar refractivity (Wildman–Crippen MR) is 99.0 cm³/mol. The standard InChI is InChI=1S/C19H21N5O2/c1-14(11-15-5-4-7-17(25)12-15)21-19(26)22-18-8-10-24(23-18)13-16-6-2-3-9-20-16/h2-10,12,14,25H,11,13H2,1H3,(H2,21,22,23,26). The summed E-state index contributed by atoms with van der Waals surface area (Å²) >= 11 is 0. The summed E-state index contributed by atoms with van der Waals surface area (Å²) in [4.78, 5) is 16.4. The molecule has 0 aliphatic heterocycles. The van der Waals surface area contributed by atoms with E-state index in [-0.39, 0.29) is 17.8 Å². The molecule has 2 heterocycles. The number of rotatable bonds is 6. The van der Waals surface area contributed by atoms with Gasteiger partial charge in [-0.15, -0.1) is 0 Å². The molecule has 1 unspecified atom stereocenters. The van der Waals surface area contributed by atoms with E-state index in [1.54, 1.807) is 41.3 Å². The van der Waals surface area contributed by atoms with Crippen LogP contribution in [0.4, 0.5) is 10.6 Å². The van der Waals surface area contributed by atoms with E-state index < -0.39 is 0 Å². The maximum atomic E-state index is 12.1. The lowest BCUT2D eigenvalue weighted by Crippen LogP contribution is -2.37. The van der Waals surface area contributed by atoms with Crippen LogP contribution in [0.5, 0.6) is 5.75 Å². The molecule has 0 aliphatic carbocycles. The van der Waals surface area contributed by atoms with Crippen molar-refractivity contribution in [1.29, 1.82) is 0 Å². The molecule has 1 aromatic carbocycles. The van der Waals surface area contributed by atoms with Crippen molar-refractivity contribution in [3.05, 3.63) is 72.2 Å². The molecule has 3 aromatic rings. The lowest BCUT2D eigenvalue weighted by molar-refractivity contribution is 0.249. The number of carbonyl (C=O) groups excluding carboxylic acids is 1. The molecule has 0 fully saturated rings. The SMILES string of the molecule is CC(Cc1cccc(O)c1)NC(=O)Nc1ccn(Cc2ccccn2)n1. The van der Waals surface area contributed by atoms with Crippen LogP contribution >= 0.6 is 0 Å². The number of amides is 2. The van der Waals surface area contributed by atoms with Gasteiger partial charge in [-0.2, -0.15) is 5.10 Å². The van der Waals surface area contributed by atoms with E-state index in [2.05, 4.69) is 20.7 Å². The summed E-state index contributed by atoms with van der Waals surface area (Å²) < 4.78 is 1.72. The summed E-state index contributed by atoms with van der Waals surface area (Å²) in [5.41, 5.74) is 1.85. The number of urea groups is 1. The van der Waals surface area contributed by atoms with Crippen molar-refractivity contribution in [1.82, 2.24) is 20.1 Å². The molecule has 26 heavy (non-hydrogen) atoms. The first-order chi connectivity index (χ1) is 12.6. The molecule has 7 heteroatoms. The van der Waals surface area contributed by atoms with Crippen LogP contribution in [-0.4, -0.2) is 31.9 Å². The van der Waals surface area contributed by atoms with Crippen LogP contribution < -0.4 is 10.6 Å². The summed E-state index contributed by atoms with van der Waals surface area (Å²) in [7, 11) is 0. The largest absolute Gasteiger partial charge is 0.508 e. The van der Waals surface area contributed by atoms with Crippen molar-refractivity contribution >= 4 is 11.8 Å². The minimum Gasteiger partial charge on any atom is -0.508 e. The monoisotopic (exact) mass is 351 g/mol.